The molecule has 1 unspecified atom stereocenters. The van der Waals surface area contributed by atoms with Gasteiger partial charge < -0.3 is 10.2 Å². The topological polar surface area (TPSA) is 69.7 Å². The van der Waals surface area contributed by atoms with E-state index >= 15 is 0 Å². The Hall–Kier alpha value is -2.37. The molecule has 0 aliphatic carbocycles. The fourth-order valence-electron chi connectivity index (χ4n) is 3.72. The highest BCUT2D eigenvalue weighted by molar-refractivity contribution is 6.04. The molecule has 2 aliphatic rings. The molecule has 1 aromatic rings. The maximum absolute atomic E-state index is 12.7. The summed E-state index contributed by atoms with van der Waals surface area (Å²) in [6, 6.07) is 7.48. The van der Waals surface area contributed by atoms with Crippen LogP contribution in [0.5, 0.6) is 0 Å². The van der Waals surface area contributed by atoms with Crippen molar-refractivity contribution in [3.63, 3.8) is 0 Å². The zero-order valence-corrected chi connectivity index (χ0v) is 16.2. The average Bonchev–Trinajstić information content (AvgIpc) is 2.88. The molecular weight excluding hydrogens is 342 g/mol. The molecule has 0 saturated carbocycles. The van der Waals surface area contributed by atoms with Gasteiger partial charge in [-0.3, -0.25) is 14.5 Å². The Kier molecular flexibility index (Phi) is 6.14. The predicted molar refractivity (Wildman–Crippen MR) is 103 cm³/mol. The molecule has 2 heterocycles. The number of urea groups is 1. The normalized spacial score (nSPS) is 18.7. The molecule has 3 rings (SSSR count). The van der Waals surface area contributed by atoms with Gasteiger partial charge >= 0.3 is 6.03 Å². The first-order valence-corrected chi connectivity index (χ1v) is 9.93. The van der Waals surface area contributed by atoms with Gasteiger partial charge in [-0.25, -0.2) is 4.79 Å². The third-order valence-corrected chi connectivity index (χ3v) is 5.27. The molecule has 1 aromatic carbocycles. The molecule has 0 radical (unpaired) electrons. The predicted octanol–water partition coefficient (Wildman–Crippen LogP) is 2.71. The van der Waals surface area contributed by atoms with Crippen LogP contribution in [-0.2, 0) is 22.6 Å². The van der Waals surface area contributed by atoms with Crippen molar-refractivity contribution in [2.24, 2.45) is 5.92 Å². The van der Waals surface area contributed by atoms with E-state index in [9.17, 15) is 14.4 Å². The third kappa shape index (κ3) is 4.49. The standard InChI is InChI=1S/C21H29N3O3/c1-15(2)13-22-19(25)10-4-3-7-11-23-20(26)18-12-16-8-5-6-9-17(16)14-24(18)21(23)27/h5-6,8-9,15,18H,3-4,7,10-14H2,1-2H3,(H,22,25). The van der Waals surface area contributed by atoms with Crippen molar-refractivity contribution in [3.05, 3.63) is 35.4 Å². The molecular formula is C21H29N3O3. The van der Waals surface area contributed by atoms with Gasteiger partial charge in [-0.05, 0) is 29.9 Å². The van der Waals surface area contributed by atoms with Crippen molar-refractivity contribution in [1.82, 2.24) is 15.1 Å². The van der Waals surface area contributed by atoms with E-state index < -0.39 is 0 Å². The minimum atomic E-state index is -0.353. The minimum Gasteiger partial charge on any atom is -0.356 e. The second-order valence-electron chi connectivity index (χ2n) is 7.90. The zero-order chi connectivity index (χ0) is 19.4. The molecule has 0 aromatic heterocycles. The summed E-state index contributed by atoms with van der Waals surface area (Å²) in [5, 5.41) is 2.91. The van der Waals surface area contributed by atoms with Crippen LogP contribution in [0, 0.1) is 5.92 Å². The first-order valence-electron chi connectivity index (χ1n) is 9.93. The van der Waals surface area contributed by atoms with Gasteiger partial charge in [-0.1, -0.05) is 44.5 Å². The van der Waals surface area contributed by atoms with Gasteiger partial charge in [0.05, 0.1) is 0 Å². The number of imide groups is 1. The maximum atomic E-state index is 12.7. The number of rotatable bonds is 8. The van der Waals surface area contributed by atoms with E-state index in [4.69, 9.17) is 0 Å². The van der Waals surface area contributed by atoms with E-state index in [1.54, 1.807) is 4.90 Å². The van der Waals surface area contributed by atoms with Crippen molar-refractivity contribution in [1.29, 1.82) is 0 Å². The molecule has 0 spiro atoms. The Bertz CT molecular complexity index is 673. The molecule has 1 fully saturated rings. The summed E-state index contributed by atoms with van der Waals surface area (Å²) in [5.74, 6) is 0.446. The second-order valence-corrected chi connectivity index (χ2v) is 7.90. The Morgan fingerprint density at radius 1 is 1.15 bits per heavy atom. The lowest BCUT2D eigenvalue weighted by atomic mass is 9.95. The second kappa shape index (κ2) is 8.55. The van der Waals surface area contributed by atoms with Gasteiger partial charge in [-0.15, -0.1) is 0 Å². The third-order valence-electron chi connectivity index (χ3n) is 5.27. The summed E-state index contributed by atoms with van der Waals surface area (Å²) in [6.07, 6.45) is 3.45. The van der Waals surface area contributed by atoms with Crippen LogP contribution in [0.3, 0.4) is 0 Å². The Labute approximate surface area is 160 Å². The fourth-order valence-corrected chi connectivity index (χ4v) is 3.72. The summed E-state index contributed by atoms with van der Waals surface area (Å²) in [5.41, 5.74) is 2.29. The van der Waals surface area contributed by atoms with Crippen LogP contribution >= 0.6 is 0 Å². The number of fused-ring (bicyclic) bond motifs is 2. The summed E-state index contributed by atoms with van der Waals surface area (Å²) in [4.78, 5) is 40.1. The van der Waals surface area contributed by atoms with Crippen molar-refractivity contribution in [2.75, 3.05) is 13.1 Å². The van der Waals surface area contributed by atoms with Gasteiger partial charge in [0.15, 0.2) is 0 Å². The van der Waals surface area contributed by atoms with Crippen molar-refractivity contribution in [2.45, 2.75) is 58.5 Å². The number of hydrogen-bond acceptors (Lipinski definition) is 3. The fraction of sp³-hybridized carbons (Fsp3) is 0.571. The van der Waals surface area contributed by atoms with Crippen LogP contribution in [0.4, 0.5) is 4.79 Å². The minimum absolute atomic E-state index is 0.0759. The van der Waals surface area contributed by atoms with E-state index in [0.717, 1.165) is 30.4 Å². The molecule has 27 heavy (non-hydrogen) atoms. The lowest BCUT2D eigenvalue weighted by Gasteiger charge is -2.28. The molecule has 1 atom stereocenters. The van der Waals surface area contributed by atoms with Crippen molar-refractivity contribution in [3.8, 4) is 0 Å². The molecule has 6 nitrogen and oxygen atoms in total. The number of carbonyl (C=O) groups is 3. The van der Waals surface area contributed by atoms with Gasteiger partial charge in [-0.2, -0.15) is 0 Å². The maximum Gasteiger partial charge on any atom is 0.327 e. The Morgan fingerprint density at radius 2 is 1.89 bits per heavy atom. The highest BCUT2D eigenvalue weighted by atomic mass is 16.2. The largest absolute Gasteiger partial charge is 0.356 e. The van der Waals surface area contributed by atoms with Crippen molar-refractivity contribution >= 4 is 17.8 Å². The number of nitrogens with one attached hydrogen (secondary N) is 1. The zero-order valence-electron chi connectivity index (χ0n) is 16.2. The van der Waals surface area contributed by atoms with E-state index in [-0.39, 0.29) is 23.9 Å². The van der Waals surface area contributed by atoms with Crippen LogP contribution in [-0.4, -0.2) is 46.8 Å². The molecule has 1 saturated heterocycles. The number of carbonyl (C=O) groups excluding carboxylic acids is 3. The van der Waals surface area contributed by atoms with Crippen LogP contribution < -0.4 is 5.32 Å². The SMILES string of the molecule is CC(C)CNC(=O)CCCCCN1C(=O)C2Cc3ccccc3CN2C1=O. The summed E-state index contributed by atoms with van der Waals surface area (Å²) in [6.45, 7) is 5.79. The summed E-state index contributed by atoms with van der Waals surface area (Å²) < 4.78 is 0. The van der Waals surface area contributed by atoms with Crippen molar-refractivity contribution < 1.29 is 14.4 Å². The molecule has 1 N–H and O–H groups in total. The van der Waals surface area contributed by atoms with E-state index in [1.165, 1.54) is 4.90 Å². The first-order chi connectivity index (χ1) is 13.0. The van der Waals surface area contributed by atoms with Gasteiger partial charge in [0.2, 0.25) is 5.91 Å². The van der Waals surface area contributed by atoms with E-state index in [1.807, 2.05) is 24.3 Å². The lowest BCUT2D eigenvalue weighted by molar-refractivity contribution is -0.128. The molecule has 4 amide bonds. The number of amides is 4. The molecule has 146 valence electrons. The molecule has 0 bridgehead atoms. The average molecular weight is 371 g/mol. The lowest BCUT2D eigenvalue weighted by Crippen LogP contribution is -2.39. The number of unbranched alkanes of at least 4 members (excludes halogenated alkanes) is 2. The van der Waals surface area contributed by atoms with Crippen LogP contribution in [0.15, 0.2) is 24.3 Å². The summed E-state index contributed by atoms with van der Waals surface area (Å²) >= 11 is 0. The molecule has 2 aliphatic heterocycles. The highest BCUT2D eigenvalue weighted by Crippen LogP contribution is 2.30. The highest BCUT2D eigenvalue weighted by Gasteiger charge is 2.46. The monoisotopic (exact) mass is 371 g/mol. The first kappa shape index (κ1) is 19.4. The van der Waals surface area contributed by atoms with E-state index in [2.05, 4.69) is 19.2 Å². The Balaban J connectivity index is 1.44. The number of nitrogens with zero attached hydrogens (tertiary/aromatic N) is 2. The van der Waals surface area contributed by atoms with Gasteiger partial charge in [0.1, 0.15) is 6.04 Å². The van der Waals surface area contributed by atoms with Crippen LogP contribution in [0.2, 0.25) is 0 Å². The van der Waals surface area contributed by atoms with Crippen LogP contribution in [0.25, 0.3) is 0 Å². The summed E-state index contributed by atoms with van der Waals surface area (Å²) in [7, 11) is 0. The smallest absolute Gasteiger partial charge is 0.327 e. The Morgan fingerprint density at radius 3 is 2.63 bits per heavy atom. The van der Waals surface area contributed by atoms with Gasteiger partial charge in [0.25, 0.3) is 5.91 Å². The van der Waals surface area contributed by atoms with E-state index in [0.29, 0.717) is 38.4 Å². The number of benzene rings is 1. The number of hydrogen-bond donors (Lipinski definition) is 1. The molecule has 6 heteroatoms. The van der Waals surface area contributed by atoms with Gasteiger partial charge in [0, 0.05) is 32.5 Å². The quantitative estimate of drug-likeness (QED) is 0.564. The van der Waals surface area contributed by atoms with Crippen LogP contribution in [0.1, 0.15) is 50.7 Å².